The van der Waals surface area contributed by atoms with Gasteiger partial charge in [-0.05, 0) is 68.1 Å². The van der Waals surface area contributed by atoms with Crippen LogP contribution in [0, 0.1) is 5.92 Å². The lowest BCUT2D eigenvalue weighted by molar-refractivity contribution is -0.117. The van der Waals surface area contributed by atoms with Gasteiger partial charge in [-0.25, -0.2) is 9.99 Å². The van der Waals surface area contributed by atoms with Gasteiger partial charge in [0.15, 0.2) is 5.82 Å². The summed E-state index contributed by atoms with van der Waals surface area (Å²) in [6.07, 6.45) is 5.89. The van der Waals surface area contributed by atoms with E-state index in [1.165, 1.54) is 41.7 Å². The summed E-state index contributed by atoms with van der Waals surface area (Å²) in [4.78, 5) is 34.5. The van der Waals surface area contributed by atoms with Crippen molar-refractivity contribution in [3.63, 3.8) is 0 Å². The predicted octanol–water partition coefficient (Wildman–Crippen LogP) is 4.25. The zero-order chi connectivity index (χ0) is 28.4. The average Bonchev–Trinajstić information content (AvgIpc) is 3.71. The molecule has 1 aromatic carbocycles. The fourth-order valence-electron chi connectivity index (χ4n) is 4.18. The van der Waals surface area contributed by atoms with Gasteiger partial charge in [-0.3, -0.25) is 14.6 Å². The fraction of sp³-hybridized carbons (Fsp3) is 0.269. The van der Waals surface area contributed by atoms with E-state index in [1.807, 2.05) is 6.92 Å². The Morgan fingerprint density at radius 1 is 1.12 bits per heavy atom. The third-order valence-corrected chi connectivity index (χ3v) is 8.20. The maximum absolute atomic E-state index is 13.6. The molecule has 2 amide bonds. The molecule has 2 unspecified atom stereocenters. The summed E-state index contributed by atoms with van der Waals surface area (Å²) in [6.45, 7) is 1.93. The van der Waals surface area contributed by atoms with Gasteiger partial charge in [-0.1, -0.05) is 23.2 Å². The molecule has 2 aromatic heterocycles. The number of pyridine rings is 2. The second-order valence-corrected chi connectivity index (χ2v) is 11.8. The monoisotopic (exact) mass is 602 g/mol. The summed E-state index contributed by atoms with van der Waals surface area (Å²) in [6, 6.07) is 9.35. The first kappa shape index (κ1) is 27.8. The average molecular weight is 603 g/mol. The van der Waals surface area contributed by atoms with Gasteiger partial charge >= 0.3 is 10.1 Å². The van der Waals surface area contributed by atoms with Crippen LogP contribution in [0.1, 0.15) is 36.5 Å². The Kier molecular flexibility index (Phi) is 7.92. The molecule has 5 rings (SSSR count). The molecule has 2 atom stereocenters. The summed E-state index contributed by atoms with van der Waals surface area (Å²) in [5.74, 6) is -0.688. The van der Waals surface area contributed by atoms with Crippen molar-refractivity contribution in [3.05, 3.63) is 76.7 Å². The zero-order valence-electron chi connectivity index (χ0n) is 21.1. The third-order valence-electron chi connectivity index (χ3n) is 6.44. The Balaban J connectivity index is 1.41. The van der Waals surface area contributed by atoms with E-state index in [0.717, 1.165) is 19.0 Å². The van der Waals surface area contributed by atoms with E-state index in [2.05, 4.69) is 25.7 Å². The predicted molar refractivity (Wildman–Crippen MR) is 150 cm³/mol. The van der Waals surface area contributed by atoms with Crippen molar-refractivity contribution in [3.8, 4) is 0 Å². The molecule has 11 nitrogen and oxygen atoms in total. The van der Waals surface area contributed by atoms with E-state index in [1.54, 1.807) is 18.2 Å². The molecule has 40 heavy (non-hydrogen) atoms. The highest BCUT2D eigenvalue weighted by Crippen LogP contribution is 2.33. The molecule has 208 valence electrons. The van der Waals surface area contributed by atoms with Crippen molar-refractivity contribution in [2.45, 2.75) is 43.2 Å². The molecule has 0 bridgehead atoms. The van der Waals surface area contributed by atoms with Crippen molar-refractivity contribution in [1.29, 1.82) is 0 Å². The van der Waals surface area contributed by atoms with Gasteiger partial charge in [-0.2, -0.15) is 8.42 Å². The number of carbonyl (C=O) groups excluding carboxylic acids is 2. The summed E-state index contributed by atoms with van der Waals surface area (Å²) in [5.41, 5.74) is 0.407. The number of hydrazone groups is 1. The normalized spacial score (nSPS) is 17.6. The first-order chi connectivity index (χ1) is 19.1. The third kappa shape index (κ3) is 6.19. The molecule has 2 aliphatic rings. The molecule has 3 aromatic rings. The highest BCUT2D eigenvalue weighted by Gasteiger charge is 2.39. The van der Waals surface area contributed by atoms with Crippen LogP contribution in [-0.4, -0.2) is 48.2 Å². The van der Waals surface area contributed by atoms with Gasteiger partial charge in [-0.15, -0.1) is 5.10 Å². The fourth-order valence-corrected chi connectivity index (χ4v) is 5.44. The van der Waals surface area contributed by atoms with Crippen molar-refractivity contribution in [2.75, 3.05) is 10.3 Å². The van der Waals surface area contributed by atoms with Crippen molar-refractivity contribution < 1.29 is 22.2 Å². The van der Waals surface area contributed by atoms with Gasteiger partial charge in [0.2, 0.25) is 11.8 Å². The van der Waals surface area contributed by atoms with Gasteiger partial charge in [0.05, 0.1) is 22.7 Å². The van der Waals surface area contributed by atoms with Crippen LogP contribution >= 0.6 is 23.2 Å². The molecular formula is C26H24Cl2N6O5S. The summed E-state index contributed by atoms with van der Waals surface area (Å²) in [7, 11) is -4.28. The van der Waals surface area contributed by atoms with Gasteiger partial charge in [0, 0.05) is 29.7 Å². The molecular weight excluding hydrogens is 579 g/mol. The number of hydrogen-bond donors (Lipinski definition) is 2. The van der Waals surface area contributed by atoms with Crippen LogP contribution in [0.4, 0.5) is 11.5 Å². The molecule has 1 saturated carbocycles. The van der Waals surface area contributed by atoms with Crippen LogP contribution in [0.3, 0.4) is 0 Å². The second-order valence-electron chi connectivity index (χ2n) is 9.37. The van der Waals surface area contributed by atoms with Crippen LogP contribution in [0.15, 0.2) is 71.1 Å². The number of amides is 2. The molecule has 3 heterocycles. The highest BCUT2D eigenvalue weighted by molar-refractivity contribution is 7.87. The number of aromatic nitrogens is 2. The highest BCUT2D eigenvalue weighted by atomic mass is 35.5. The van der Waals surface area contributed by atoms with Gasteiger partial charge in [0.25, 0.3) is 5.91 Å². The Hall–Kier alpha value is -3.74. The number of anilines is 2. The van der Waals surface area contributed by atoms with Crippen LogP contribution in [0.5, 0.6) is 0 Å². The van der Waals surface area contributed by atoms with Crippen LogP contribution in [0.2, 0.25) is 10.0 Å². The van der Waals surface area contributed by atoms with Crippen LogP contribution < -0.4 is 15.6 Å². The molecule has 14 heteroatoms. The smallest absolute Gasteiger partial charge is 0.341 e. The minimum absolute atomic E-state index is 0.0264. The maximum atomic E-state index is 13.6. The number of benzene rings is 1. The Morgan fingerprint density at radius 3 is 2.60 bits per heavy atom. The van der Waals surface area contributed by atoms with Crippen molar-refractivity contribution in [2.24, 2.45) is 11.0 Å². The van der Waals surface area contributed by atoms with E-state index in [0.29, 0.717) is 10.9 Å². The second kappa shape index (κ2) is 11.4. The minimum atomic E-state index is -4.28. The van der Waals surface area contributed by atoms with E-state index in [9.17, 15) is 18.0 Å². The summed E-state index contributed by atoms with van der Waals surface area (Å²) in [5, 5.41) is 11.6. The number of rotatable bonds is 8. The number of halogens is 2. The lowest BCUT2D eigenvalue weighted by Gasteiger charge is -2.23. The summed E-state index contributed by atoms with van der Waals surface area (Å²) >= 11 is 12.5. The SMILES string of the molecule is CC(NC(=O)c1cc(Cl)ccc1NC(=O)C1CC(OS(=O)(=O)c2cccnc2)=NN1c1ncccc1Cl)C1CC1. The standard InChI is InChI=1S/C26H24Cl2N6O5S/c1-15(16-6-7-16)31-25(35)19-12-17(27)8-9-21(19)32-26(36)22-13-23(33-34(22)24-20(28)5-3-11-30-24)39-40(37,38)18-4-2-10-29-14-18/h2-5,8-12,14-16,22H,6-7,13H2,1H3,(H,31,35)(H,32,36). The Labute approximate surface area is 240 Å². The van der Waals surface area contributed by atoms with E-state index < -0.39 is 22.1 Å². The van der Waals surface area contributed by atoms with Crippen LogP contribution in [-0.2, 0) is 19.1 Å². The van der Waals surface area contributed by atoms with Crippen LogP contribution in [0.25, 0.3) is 0 Å². The maximum Gasteiger partial charge on any atom is 0.341 e. The Morgan fingerprint density at radius 2 is 1.90 bits per heavy atom. The number of nitrogens with one attached hydrogen (secondary N) is 2. The topological polar surface area (TPSA) is 143 Å². The Bertz CT molecular complexity index is 1580. The van der Waals surface area contributed by atoms with E-state index in [-0.39, 0.29) is 51.3 Å². The first-order valence-electron chi connectivity index (χ1n) is 12.4. The summed E-state index contributed by atoms with van der Waals surface area (Å²) < 4.78 is 30.9. The van der Waals surface area contributed by atoms with E-state index in [4.69, 9.17) is 27.4 Å². The first-order valence-corrected chi connectivity index (χ1v) is 14.5. The zero-order valence-corrected chi connectivity index (χ0v) is 23.4. The van der Waals surface area contributed by atoms with E-state index >= 15 is 0 Å². The minimum Gasteiger partial charge on any atom is -0.361 e. The van der Waals surface area contributed by atoms with Crippen molar-refractivity contribution >= 4 is 62.5 Å². The molecule has 0 saturated heterocycles. The quantitative estimate of drug-likeness (QED) is 0.364. The molecule has 1 fully saturated rings. The number of carbonyl (C=O) groups is 2. The molecule has 2 N–H and O–H groups in total. The molecule has 0 radical (unpaired) electrons. The molecule has 1 aliphatic heterocycles. The molecule has 0 spiro atoms. The van der Waals surface area contributed by atoms with Gasteiger partial charge < -0.3 is 14.8 Å². The largest absolute Gasteiger partial charge is 0.361 e. The van der Waals surface area contributed by atoms with Crippen molar-refractivity contribution in [1.82, 2.24) is 15.3 Å². The lowest BCUT2D eigenvalue weighted by atomic mass is 10.1. The lowest BCUT2D eigenvalue weighted by Crippen LogP contribution is -2.40. The molecule has 1 aliphatic carbocycles. The number of hydrogen-bond acceptors (Lipinski definition) is 9. The number of nitrogens with zero attached hydrogens (tertiary/aromatic N) is 4. The van der Waals surface area contributed by atoms with Gasteiger partial charge in [0.1, 0.15) is 10.9 Å².